The third-order valence-electron chi connectivity index (χ3n) is 3.15. The molecular weight excluding hydrogens is 374 g/mol. The fourth-order valence-corrected chi connectivity index (χ4v) is 3.39. The molecule has 0 heterocycles. The molecule has 0 aliphatic heterocycles. The first-order valence-electron chi connectivity index (χ1n) is 8.42. The summed E-state index contributed by atoms with van der Waals surface area (Å²) in [5.74, 6) is 0.289. The Bertz CT molecular complexity index is 680. The van der Waals surface area contributed by atoms with E-state index in [1.807, 2.05) is 13.8 Å². The van der Waals surface area contributed by atoms with Crippen molar-refractivity contribution in [2.24, 2.45) is 0 Å². The maximum Gasteiger partial charge on any atom is 0.413 e. The van der Waals surface area contributed by atoms with Crippen LogP contribution in [0.3, 0.4) is 0 Å². The fourth-order valence-electron chi connectivity index (χ4n) is 1.94. The van der Waals surface area contributed by atoms with Crippen molar-refractivity contribution in [1.82, 2.24) is 5.32 Å². The molecule has 0 saturated carbocycles. The third kappa shape index (κ3) is 7.92. The zero-order valence-electron chi connectivity index (χ0n) is 15.2. The van der Waals surface area contributed by atoms with E-state index in [4.69, 9.17) is 17.0 Å². The van der Waals surface area contributed by atoms with E-state index in [1.165, 1.54) is 6.92 Å². The van der Waals surface area contributed by atoms with Crippen molar-refractivity contribution in [3.05, 3.63) is 18.2 Å². The van der Waals surface area contributed by atoms with Crippen LogP contribution >= 0.6 is 12.2 Å². The molecule has 3 N–H and O–H groups in total. The van der Waals surface area contributed by atoms with Crippen LogP contribution in [0.15, 0.2) is 23.1 Å². The summed E-state index contributed by atoms with van der Waals surface area (Å²) < 4.78 is 17.2. The van der Waals surface area contributed by atoms with Crippen molar-refractivity contribution in [2.45, 2.75) is 44.9 Å². The van der Waals surface area contributed by atoms with Gasteiger partial charge in [0.1, 0.15) is 0 Å². The summed E-state index contributed by atoms with van der Waals surface area (Å²) in [7, 11) is -1.14. The molecule has 1 rings (SSSR count). The molecule has 26 heavy (non-hydrogen) atoms. The number of anilines is 2. The van der Waals surface area contributed by atoms with Gasteiger partial charge in [0.25, 0.3) is 0 Å². The van der Waals surface area contributed by atoms with Gasteiger partial charge in [-0.05, 0) is 43.3 Å². The average Bonchev–Trinajstić information content (AvgIpc) is 2.58. The predicted octanol–water partition coefficient (Wildman–Crippen LogP) is 3.39. The minimum absolute atomic E-state index is 0.0394. The predicted molar refractivity (Wildman–Crippen MR) is 108 cm³/mol. The van der Waals surface area contributed by atoms with Crippen LogP contribution in [0.2, 0.25) is 0 Å². The van der Waals surface area contributed by atoms with Crippen LogP contribution in [0, 0.1) is 0 Å². The largest absolute Gasteiger partial charge is 0.449 e. The maximum absolute atomic E-state index is 12.3. The lowest BCUT2D eigenvalue weighted by molar-refractivity contribution is -0.114. The molecule has 144 valence electrons. The van der Waals surface area contributed by atoms with E-state index in [1.54, 1.807) is 18.2 Å². The first-order valence-corrected chi connectivity index (χ1v) is 10.1. The van der Waals surface area contributed by atoms with E-state index in [-0.39, 0.29) is 11.0 Å². The van der Waals surface area contributed by atoms with Crippen LogP contribution in [-0.2, 0) is 20.3 Å². The second kappa shape index (κ2) is 11.6. The van der Waals surface area contributed by atoms with E-state index in [0.29, 0.717) is 35.1 Å². The Morgan fingerprint density at radius 2 is 1.88 bits per heavy atom. The van der Waals surface area contributed by atoms with Crippen LogP contribution in [-0.4, -0.2) is 33.7 Å². The Morgan fingerprint density at radius 3 is 2.50 bits per heavy atom. The lowest BCUT2D eigenvalue weighted by Gasteiger charge is -2.15. The second-order valence-electron chi connectivity index (χ2n) is 5.51. The Kier molecular flexibility index (Phi) is 9.82. The van der Waals surface area contributed by atoms with Gasteiger partial charge >= 0.3 is 6.09 Å². The number of nitrogens with one attached hydrogen (secondary N) is 3. The van der Waals surface area contributed by atoms with Crippen molar-refractivity contribution in [3.8, 4) is 0 Å². The Hall–Kier alpha value is -2.00. The van der Waals surface area contributed by atoms with Gasteiger partial charge in [0, 0.05) is 17.6 Å². The molecule has 0 fully saturated rings. The molecule has 7 nitrogen and oxygen atoms in total. The average molecular weight is 400 g/mol. The number of alkyl carbamates (subject to hydrolysis) is 1. The Morgan fingerprint density at radius 1 is 1.15 bits per heavy atom. The minimum Gasteiger partial charge on any atom is -0.449 e. The Balaban J connectivity index is 2.88. The quantitative estimate of drug-likeness (QED) is 0.580. The fraction of sp³-hybridized carbons (Fsp3) is 0.471. The Labute approximate surface area is 161 Å². The van der Waals surface area contributed by atoms with Gasteiger partial charge < -0.3 is 15.4 Å². The van der Waals surface area contributed by atoms with Gasteiger partial charge in [0.05, 0.1) is 28.8 Å². The summed E-state index contributed by atoms with van der Waals surface area (Å²) in [5.41, 5.74) is 0.920. The van der Waals surface area contributed by atoms with E-state index in [2.05, 4.69) is 16.0 Å². The molecule has 1 atom stereocenters. The highest BCUT2D eigenvalue weighted by atomic mass is 32.2. The summed E-state index contributed by atoms with van der Waals surface area (Å²) >= 11 is 5.08. The number of carbonyl (C=O) groups is 2. The highest BCUT2D eigenvalue weighted by Gasteiger charge is 2.12. The molecule has 9 heteroatoms. The van der Waals surface area contributed by atoms with Crippen LogP contribution in [0.5, 0.6) is 0 Å². The highest BCUT2D eigenvalue weighted by Crippen LogP contribution is 2.25. The molecule has 0 bridgehead atoms. The molecule has 0 saturated heterocycles. The molecule has 1 aromatic rings. The van der Waals surface area contributed by atoms with E-state index in [9.17, 15) is 13.8 Å². The molecule has 0 spiro atoms. The number of unbranched alkanes of at least 4 members (excludes halogenated alkanes) is 1. The SMILES string of the molecule is CCCCS(=O)c1ccc(NC(=S)NC(=O)OCCC)c(NC(C)=O)c1. The monoisotopic (exact) mass is 399 g/mol. The maximum atomic E-state index is 12.3. The van der Waals surface area contributed by atoms with Crippen LogP contribution in [0.1, 0.15) is 40.0 Å². The number of hydrogen-bond donors (Lipinski definition) is 3. The van der Waals surface area contributed by atoms with Crippen molar-refractivity contribution in [1.29, 1.82) is 0 Å². The number of ether oxygens (including phenoxy) is 1. The smallest absolute Gasteiger partial charge is 0.413 e. The van der Waals surface area contributed by atoms with Crippen LogP contribution in [0.25, 0.3) is 0 Å². The number of thiocarbonyl (C=S) groups is 1. The lowest BCUT2D eigenvalue weighted by atomic mass is 10.2. The summed E-state index contributed by atoms with van der Waals surface area (Å²) in [6.07, 6.45) is 1.87. The molecule has 1 aromatic carbocycles. The zero-order valence-corrected chi connectivity index (χ0v) is 16.9. The van der Waals surface area contributed by atoms with Gasteiger partial charge in [0.2, 0.25) is 5.91 Å². The van der Waals surface area contributed by atoms with Gasteiger partial charge in [-0.2, -0.15) is 0 Å². The van der Waals surface area contributed by atoms with Gasteiger partial charge in [0.15, 0.2) is 5.11 Å². The number of benzene rings is 1. The molecule has 0 aromatic heterocycles. The first-order chi connectivity index (χ1) is 12.4. The second-order valence-corrected chi connectivity index (χ2v) is 7.49. The van der Waals surface area contributed by atoms with E-state index < -0.39 is 16.9 Å². The zero-order chi connectivity index (χ0) is 19.5. The molecular formula is C17H25N3O4S2. The summed E-state index contributed by atoms with van der Waals surface area (Å²) in [4.78, 5) is 23.6. The number of hydrogen-bond acceptors (Lipinski definition) is 5. The van der Waals surface area contributed by atoms with E-state index >= 15 is 0 Å². The molecule has 2 amide bonds. The van der Waals surface area contributed by atoms with Crippen molar-refractivity contribution in [3.63, 3.8) is 0 Å². The number of rotatable bonds is 8. The standard InChI is InChI=1S/C17H25N3O4S2/c1-4-6-10-26(23)13-7-8-14(15(11-13)18-12(3)21)19-16(25)20-17(22)24-9-5-2/h7-8,11H,4-6,9-10H2,1-3H3,(H,18,21)(H2,19,20,22,25). The van der Waals surface area contributed by atoms with Crippen molar-refractivity contribution in [2.75, 3.05) is 23.0 Å². The van der Waals surface area contributed by atoms with Crippen molar-refractivity contribution >= 4 is 51.5 Å². The minimum atomic E-state index is -1.14. The molecule has 0 radical (unpaired) electrons. The van der Waals surface area contributed by atoms with Crippen LogP contribution in [0.4, 0.5) is 16.2 Å². The highest BCUT2D eigenvalue weighted by molar-refractivity contribution is 7.85. The normalized spacial score (nSPS) is 11.3. The lowest BCUT2D eigenvalue weighted by Crippen LogP contribution is -2.35. The third-order valence-corrected chi connectivity index (χ3v) is 4.79. The van der Waals surface area contributed by atoms with E-state index in [0.717, 1.165) is 12.8 Å². The molecule has 0 aliphatic carbocycles. The molecule has 1 unspecified atom stereocenters. The summed E-state index contributed by atoms with van der Waals surface area (Å²) in [6.45, 7) is 5.59. The van der Waals surface area contributed by atoms with Gasteiger partial charge in [-0.3, -0.25) is 14.3 Å². The van der Waals surface area contributed by atoms with Crippen LogP contribution < -0.4 is 16.0 Å². The summed E-state index contributed by atoms with van der Waals surface area (Å²) in [5, 5.41) is 7.95. The topological polar surface area (TPSA) is 96.5 Å². The molecule has 0 aliphatic rings. The van der Waals surface area contributed by atoms with Crippen molar-refractivity contribution < 1.29 is 18.5 Å². The summed E-state index contributed by atoms with van der Waals surface area (Å²) in [6, 6.07) is 5.01. The number of carbonyl (C=O) groups excluding carboxylic acids is 2. The van der Waals surface area contributed by atoms with Gasteiger partial charge in [-0.15, -0.1) is 0 Å². The van der Waals surface area contributed by atoms with Gasteiger partial charge in [-0.1, -0.05) is 20.3 Å². The van der Waals surface area contributed by atoms with Gasteiger partial charge in [-0.25, -0.2) is 4.79 Å². The first kappa shape index (κ1) is 22.0. The number of amides is 2.